The van der Waals surface area contributed by atoms with Gasteiger partial charge in [0.25, 0.3) is 0 Å². The summed E-state index contributed by atoms with van der Waals surface area (Å²) in [6.45, 7) is 8.78. The van der Waals surface area contributed by atoms with Crippen LogP contribution in [0.1, 0.15) is 56.2 Å². The maximum Gasteiger partial charge on any atom is 0.245 e. The van der Waals surface area contributed by atoms with Crippen LogP contribution in [0.25, 0.3) is 21.9 Å². The topological polar surface area (TPSA) is 20.3 Å². The first-order valence-corrected chi connectivity index (χ1v) is 12.1. The molecule has 168 valence electrons. The van der Waals surface area contributed by atoms with Crippen LogP contribution in [0.3, 0.4) is 0 Å². The van der Waals surface area contributed by atoms with Gasteiger partial charge in [-0.2, -0.15) is 0 Å². The molecule has 0 aliphatic rings. The number of carbonyl (C=O) groups is 1. The zero-order valence-electron chi connectivity index (χ0n) is 20.0. The van der Waals surface area contributed by atoms with Crippen LogP contribution in [0, 0.1) is 0 Å². The number of fused-ring (bicyclic) bond motifs is 1. The third kappa shape index (κ3) is 6.09. The lowest BCUT2D eigenvalue weighted by atomic mass is 9.93. The Hall–Kier alpha value is -2.87. The summed E-state index contributed by atoms with van der Waals surface area (Å²) < 4.78 is 0. The Kier molecular flexibility index (Phi) is 8.67. The van der Waals surface area contributed by atoms with Crippen LogP contribution in [0.4, 0.5) is 0 Å². The predicted octanol–water partition coefficient (Wildman–Crippen LogP) is 7.38. The molecule has 0 aromatic heterocycles. The minimum atomic E-state index is -0.0148. The maximum atomic E-state index is 11.6. The quantitative estimate of drug-likeness (QED) is 0.231. The largest absolute Gasteiger partial charge is 0.342 e. The first-order valence-electron chi connectivity index (χ1n) is 12.1. The van der Waals surface area contributed by atoms with Crippen LogP contribution in [0.15, 0.2) is 67.3 Å². The number of aryl methyl sites for hydroxylation is 3. The summed E-state index contributed by atoms with van der Waals surface area (Å²) in [6, 6.07) is 20.6. The smallest absolute Gasteiger partial charge is 0.245 e. The van der Waals surface area contributed by atoms with Gasteiger partial charge in [0.05, 0.1) is 0 Å². The number of nitrogens with zero attached hydrogens (tertiary/aromatic N) is 1. The van der Waals surface area contributed by atoms with Gasteiger partial charge in [-0.05, 0) is 82.8 Å². The van der Waals surface area contributed by atoms with E-state index in [1.165, 1.54) is 70.3 Å². The molecule has 0 aliphatic heterocycles. The Morgan fingerprint density at radius 1 is 0.875 bits per heavy atom. The zero-order chi connectivity index (χ0) is 22.9. The zero-order valence-corrected chi connectivity index (χ0v) is 20.0. The van der Waals surface area contributed by atoms with Gasteiger partial charge >= 0.3 is 0 Å². The number of hydrogen-bond acceptors (Lipinski definition) is 1. The van der Waals surface area contributed by atoms with Crippen molar-refractivity contribution in [2.45, 2.75) is 58.8 Å². The Balaban J connectivity index is 1.74. The van der Waals surface area contributed by atoms with Crippen molar-refractivity contribution < 1.29 is 4.79 Å². The fraction of sp³-hybridized carbons (Fsp3) is 0.367. The molecule has 1 amide bonds. The molecule has 0 fully saturated rings. The van der Waals surface area contributed by atoms with Crippen molar-refractivity contribution in [3.8, 4) is 11.1 Å². The number of benzene rings is 3. The van der Waals surface area contributed by atoms with Gasteiger partial charge in [-0.25, -0.2) is 0 Å². The lowest BCUT2D eigenvalue weighted by Crippen LogP contribution is -2.25. The van der Waals surface area contributed by atoms with E-state index in [9.17, 15) is 4.79 Å². The predicted molar refractivity (Wildman–Crippen MR) is 138 cm³/mol. The molecular weight excluding hydrogens is 390 g/mol. The molecule has 3 aromatic rings. The second-order valence-corrected chi connectivity index (χ2v) is 8.77. The lowest BCUT2D eigenvalue weighted by molar-refractivity contribution is -0.124. The highest BCUT2D eigenvalue weighted by molar-refractivity contribution is 5.88. The molecule has 0 radical (unpaired) electrons. The van der Waals surface area contributed by atoms with E-state index >= 15 is 0 Å². The number of unbranched alkanes of at least 4 members (excludes halogenated alkanes) is 2. The molecule has 0 spiro atoms. The first kappa shape index (κ1) is 23.8. The second-order valence-electron chi connectivity index (χ2n) is 8.77. The van der Waals surface area contributed by atoms with E-state index in [2.05, 4.69) is 75.0 Å². The van der Waals surface area contributed by atoms with Crippen molar-refractivity contribution in [2.75, 3.05) is 13.6 Å². The highest BCUT2D eigenvalue weighted by Crippen LogP contribution is 2.29. The van der Waals surface area contributed by atoms with Crippen molar-refractivity contribution >= 4 is 16.7 Å². The summed E-state index contributed by atoms with van der Waals surface area (Å²) in [7, 11) is 1.83. The molecule has 0 heterocycles. The van der Waals surface area contributed by atoms with Crippen LogP contribution in [0.5, 0.6) is 0 Å². The van der Waals surface area contributed by atoms with Crippen LogP contribution in [-0.2, 0) is 24.1 Å². The van der Waals surface area contributed by atoms with E-state index in [1.807, 2.05) is 7.05 Å². The molecule has 0 atom stereocenters. The van der Waals surface area contributed by atoms with Gasteiger partial charge in [0, 0.05) is 13.6 Å². The molecule has 0 bridgehead atoms. The van der Waals surface area contributed by atoms with Crippen LogP contribution in [0.2, 0.25) is 0 Å². The van der Waals surface area contributed by atoms with Crippen molar-refractivity contribution in [3.63, 3.8) is 0 Å². The summed E-state index contributed by atoms with van der Waals surface area (Å²) in [6.07, 6.45) is 9.32. The van der Waals surface area contributed by atoms with Gasteiger partial charge in [0.1, 0.15) is 0 Å². The summed E-state index contributed by atoms with van der Waals surface area (Å²) in [5, 5.41) is 2.64. The monoisotopic (exact) mass is 427 g/mol. The number of rotatable bonds is 11. The van der Waals surface area contributed by atoms with E-state index in [0.717, 1.165) is 25.8 Å². The van der Waals surface area contributed by atoms with Gasteiger partial charge in [-0.1, -0.05) is 81.8 Å². The van der Waals surface area contributed by atoms with Crippen LogP contribution < -0.4 is 0 Å². The number of amides is 1. The fourth-order valence-electron chi connectivity index (χ4n) is 4.36. The lowest BCUT2D eigenvalue weighted by Gasteiger charge is -2.15. The Morgan fingerprint density at radius 3 is 2.31 bits per heavy atom. The van der Waals surface area contributed by atoms with Crippen molar-refractivity contribution in [1.82, 2.24) is 4.90 Å². The van der Waals surface area contributed by atoms with Gasteiger partial charge < -0.3 is 4.90 Å². The van der Waals surface area contributed by atoms with Crippen LogP contribution in [-0.4, -0.2) is 24.4 Å². The summed E-state index contributed by atoms with van der Waals surface area (Å²) in [5.74, 6) is -0.0148. The molecule has 0 aliphatic carbocycles. The van der Waals surface area contributed by atoms with Crippen molar-refractivity contribution in [2.24, 2.45) is 0 Å². The molecule has 2 heteroatoms. The Labute approximate surface area is 194 Å². The normalized spacial score (nSPS) is 11.0. The number of hydrogen-bond donors (Lipinski definition) is 0. The molecule has 3 aromatic carbocycles. The first-order chi connectivity index (χ1) is 15.5. The van der Waals surface area contributed by atoms with Crippen molar-refractivity contribution in [1.29, 1.82) is 0 Å². The Bertz CT molecular complexity index is 1070. The highest BCUT2D eigenvalue weighted by atomic mass is 16.2. The van der Waals surface area contributed by atoms with E-state index in [-0.39, 0.29) is 5.91 Å². The minimum Gasteiger partial charge on any atom is -0.342 e. The molecular formula is C30H37NO. The van der Waals surface area contributed by atoms with E-state index in [1.54, 1.807) is 4.90 Å². The van der Waals surface area contributed by atoms with E-state index in [4.69, 9.17) is 0 Å². The second kappa shape index (κ2) is 11.7. The average molecular weight is 428 g/mol. The molecule has 0 unspecified atom stereocenters. The summed E-state index contributed by atoms with van der Waals surface area (Å²) in [5.41, 5.74) is 6.77. The SMILES string of the molecule is C=CC(=O)N(C)CCCc1ccc(-c2ccc3cc(CCCCC)ccc3c2)c(CC)c1. The van der Waals surface area contributed by atoms with Crippen LogP contribution >= 0.6 is 0 Å². The van der Waals surface area contributed by atoms with Gasteiger partial charge in [-0.15, -0.1) is 0 Å². The van der Waals surface area contributed by atoms with E-state index in [0.29, 0.717) is 0 Å². The molecule has 0 saturated heterocycles. The van der Waals surface area contributed by atoms with Gasteiger partial charge in [0.15, 0.2) is 0 Å². The standard InChI is InChI=1S/C30H37NO/c1-5-8-9-11-23-13-15-27-22-28(17-16-26(27)21-23)29-18-14-24(20-25(29)6-2)12-10-19-31(4)30(32)7-3/h7,13-18,20-22H,3,5-6,8-12,19H2,1-2,4H3. The number of likely N-dealkylation sites (N-methyl/N-ethyl adjacent to an activating group) is 1. The third-order valence-electron chi connectivity index (χ3n) is 6.35. The minimum absolute atomic E-state index is 0.0148. The fourth-order valence-corrected chi connectivity index (χ4v) is 4.36. The van der Waals surface area contributed by atoms with Crippen molar-refractivity contribution in [3.05, 3.63) is 83.9 Å². The molecule has 2 nitrogen and oxygen atoms in total. The molecule has 0 N–H and O–H groups in total. The molecule has 32 heavy (non-hydrogen) atoms. The molecule has 0 saturated carbocycles. The van der Waals surface area contributed by atoms with Gasteiger partial charge in [-0.3, -0.25) is 4.79 Å². The maximum absolute atomic E-state index is 11.6. The average Bonchev–Trinajstić information content (AvgIpc) is 2.83. The highest BCUT2D eigenvalue weighted by Gasteiger charge is 2.08. The summed E-state index contributed by atoms with van der Waals surface area (Å²) in [4.78, 5) is 13.4. The van der Waals surface area contributed by atoms with Gasteiger partial charge in [0.2, 0.25) is 5.91 Å². The Morgan fingerprint density at radius 2 is 1.56 bits per heavy atom. The molecule has 3 rings (SSSR count). The van der Waals surface area contributed by atoms with E-state index < -0.39 is 0 Å². The summed E-state index contributed by atoms with van der Waals surface area (Å²) >= 11 is 0. The number of carbonyl (C=O) groups excluding carboxylic acids is 1. The third-order valence-corrected chi connectivity index (χ3v) is 6.35.